The standard InChI is InChI=1S/C17H22N2O2S/c1-14(16-8-10-17(11-9-16)22(18,20)21)19(2)13-12-15-6-4-3-5-7-15/h3-11,14H,12-13H2,1-2H3,(H2,18,20,21)/t14-/m0/s1. The Balaban J connectivity index is 1.99. The van der Waals surface area contributed by atoms with E-state index < -0.39 is 10.0 Å². The maximum atomic E-state index is 11.3. The largest absolute Gasteiger partial charge is 0.299 e. The van der Waals surface area contributed by atoms with Gasteiger partial charge in [0.25, 0.3) is 0 Å². The van der Waals surface area contributed by atoms with Crippen molar-refractivity contribution < 1.29 is 8.42 Å². The van der Waals surface area contributed by atoms with E-state index in [-0.39, 0.29) is 10.9 Å². The van der Waals surface area contributed by atoms with Crippen LogP contribution in [-0.4, -0.2) is 26.9 Å². The maximum Gasteiger partial charge on any atom is 0.238 e. The van der Waals surface area contributed by atoms with E-state index in [1.807, 2.05) is 30.3 Å². The van der Waals surface area contributed by atoms with Crippen LogP contribution in [0.25, 0.3) is 0 Å². The predicted molar refractivity (Wildman–Crippen MR) is 89.0 cm³/mol. The zero-order valence-corrected chi connectivity index (χ0v) is 13.8. The van der Waals surface area contributed by atoms with Crippen LogP contribution < -0.4 is 5.14 Å². The fourth-order valence-electron chi connectivity index (χ4n) is 2.33. The number of hydrogen-bond acceptors (Lipinski definition) is 3. The summed E-state index contributed by atoms with van der Waals surface area (Å²) in [7, 11) is -1.55. The first kappa shape index (κ1) is 16.7. The molecule has 2 N–H and O–H groups in total. The Hall–Kier alpha value is -1.69. The molecule has 0 aliphatic rings. The van der Waals surface area contributed by atoms with Crippen LogP contribution in [0.4, 0.5) is 0 Å². The van der Waals surface area contributed by atoms with Crippen LogP contribution in [-0.2, 0) is 16.4 Å². The SMILES string of the molecule is C[C@@H](c1ccc(S(N)(=O)=O)cc1)N(C)CCc1ccccc1. The number of sulfonamides is 1. The minimum Gasteiger partial charge on any atom is -0.299 e. The van der Waals surface area contributed by atoms with Crippen molar-refractivity contribution in [3.63, 3.8) is 0 Å². The summed E-state index contributed by atoms with van der Waals surface area (Å²) in [6, 6.07) is 17.3. The second-order valence-electron chi connectivity index (χ2n) is 5.51. The average Bonchev–Trinajstić information content (AvgIpc) is 2.52. The van der Waals surface area contributed by atoms with Crippen molar-refractivity contribution in [3.05, 3.63) is 65.7 Å². The van der Waals surface area contributed by atoms with Crippen molar-refractivity contribution in [2.45, 2.75) is 24.3 Å². The molecular formula is C17H22N2O2S. The van der Waals surface area contributed by atoms with E-state index in [0.29, 0.717) is 0 Å². The molecule has 2 rings (SSSR count). The summed E-state index contributed by atoms with van der Waals surface area (Å²) in [4.78, 5) is 2.40. The van der Waals surface area contributed by atoms with E-state index in [1.54, 1.807) is 12.1 Å². The smallest absolute Gasteiger partial charge is 0.238 e. The molecule has 0 unspecified atom stereocenters. The molecule has 118 valence electrons. The van der Waals surface area contributed by atoms with Crippen molar-refractivity contribution in [1.29, 1.82) is 0 Å². The highest BCUT2D eigenvalue weighted by Crippen LogP contribution is 2.20. The van der Waals surface area contributed by atoms with Gasteiger partial charge < -0.3 is 0 Å². The molecule has 22 heavy (non-hydrogen) atoms. The lowest BCUT2D eigenvalue weighted by Gasteiger charge is -2.25. The minimum absolute atomic E-state index is 0.149. The van der Waals surface area contributed by atoms with Crippen molar-refractivity contribution >= 4 is 10.0 Å². The molecule has 0 radical (unpaired) electrons. The Morgan fingerprint density at radius 3 is 2.18 bits per heavy atom. The second kappa shape index (κ2) is 7.05. The molecule has 5 heteroatoms. The van der Waals surface area contributed by atoms with Gasteiger partial charge in [0.15, 0.2) is 0 Å². The first-order valence-electron chi connectivity index (χ1n) is 7.25. The number of nitrogens with two attached hydrogens (primary N) is 1. The lowest BCUT2D eigenvalue weighted by Crippen LogP contribution is -2.25. The van der Waals surface area contributed by atoms with Gasteiger partial charge in [0.05, 0.1) is 4.90 Å². The van der Waals surface area contributed by atoms with Gasteiger partial charge in [0.2, 0.25) is 10.0 Å². The number of nitrogens with zero attached hydrogens (tertiary/aromatic N) is 1. The van der Waals surface area contributed by atoms with E-state index in [2.05, 4.69) is 31.0 Å². The van der Waals surface area contributed by atoms with Crippen LogP contribution in [0.1, 0.15) is 24.1 Å². The van der Waals surface area contributed by atoms with Gasteiger partial charge >= 0.3 is 0 Å². The molecule has 2 aromatic carbocycles. The fourth-order valence-corrected chi connectivity index (χ4v) is 2.85. The van der Waals surface area contributed by atoms with Crippen molar-refractivity contribution in [2.75, 3.05) is 13.6 Å². The van der Waals surface area contributed by atoms with Crippen molar-refractivity contribution in [3.8, 4) is 0 Å². The topological polar surface area (TPSA) is 63.4 Å². The van der Waals surface area contributed by atoms with Gasteiger partial charge in [-0.3, -0.25) is 4.90 Å². The predicted octanol–water partition coefficient (Wildman–Crippen LogP) is 2.57. The summed E-state index contributed by atoms with van der Waals surface area (Å²) in [6.45, 7) is 3.04. The second-order valence-corrected chi connectivity index (χ2v) is 7.07. The van der Waals surface area contributed by atoms with Gasteiger partial charge in [-0.15, -0.1) is 0 Å². The Bertz CT molecular complexity index is 697. The first-order chi connectivity index (χ1) is 10.4. The third-order valence-electron chi connectivity index (χ3n) is 3.95. The van der Waals surface area contributed by atoms with Crippen LogP contribution in [0, 0.1) is 0 Å². The Labute approximate surface area is 132 Å². The highest BCUT2D eigenvalue weighted by atomic mass is 32.2. The number of hydrogen-bond donors (Lipinski definition) is 1. The first-order valence-corrected chi connectivity index (χ1v) is 8.79. The van der Waals surface area contributed by atoms with Crippen LogP contribution in [0.3, 0.4) is 0 Å². The molecule has 0 bridgehead atoms. The summed E-state index contributed by atoms with van der Waals surface area (Å²) >= 11 is 0. The third-order valence-corrected chi connectivity index (χ3v) is 4.88. The molecule has 0 aromatic heterocycles. The number of rotatable bonds is 6. The molecule has 0 saturated carbocycles. The van der Waals surface area contributed by atoms with E-state index in [0.717, 1.165) is 18.5 Å². The Morgan fingerprint density at radius 1 is 1.05 bits per heavy atom. The summed E-state index contributed by atoms with van der Waals surface area (Å²) in [5, 5.41) is 5.12. The van der Waals surface area contributed by atoms with E-state index in [9.17, 15) is 8.42 Å². The minimum atomic E-state index is -3.63. The van der Waals surface area contributed by atoms with Gasteiger partial charge in [0, 0.05) is 12.6 Å². The number of primary sulfonamides is 1. The summed E-state index contributed by atoms with van der Waals surface area (Å²) in [6.07, 6.45) is 0.983. The van der Waals surface area contributed by atoms with Gasteiger partial charge in [-0.05, 0) is 43.7 Å². The third kappa shape index (κ3) is 4.40. The monoisotopic (exact) mass is 318 g/mol. The molecule has 2 aromatic rings. The highest BCUT2D eigenvalue weighted by Gasteiger charge is 2.13. The van der Waals surface area contributed by atoms with Gasteiger partial charge in [-0.25, -0.2) is 13.6 Å². The van der Waals surface area contributed by atoms with Crippen LogP contribution in [0.15, 0.2) is 59.5 Å². The normalized spacial score (nSPS) is 13.3. The molecule has 0 heterocycles. The van der Waals surface area contributed by atoms with E-state index in [1.165, 1.54) is 5.56 Å². The van der Waals surface area contributed by atoms with Crippen molar-refractivity contribution in [1.82, 2.24) is 4.90 Å². The van der Waals surface area contributed by atoms with Crippen LogP contribution in [0.2, 0.25) is 0 Å². The molecule has 0 fully saturated rings. The summed E-state index contributed by atoms with van der Waals surface area (Å²) < 4.78 is 22.5. The molecule has 4 nitrogen and oxygen atoms in total. The van der Waals surface area contributed by atoms with E-state index in [4.69, 9.17) is 5.14 Å². The molecule has 0 aliphatic carbocycles. The number of benzene rings is 2. The zero-order valence-electron chi connectivity index (χ0n) is 12.9. The molecule has 0 saturated heterocycles. The summed E-state index contributed by atoms with van der Waals surface area (Å²) in [5.41, 5.74) is 2.38. The Morgan fingerprint density at radius 2 is 1.64 bits per heavy atom. The summed E-state index contributed by atoms with van der Waals surface area (Å²) in [5.74, 6) is 0. The van der Waals surface area contributed by atoms with Crippen LogP contribution in [0.5, 0.6) is 0 Å². The fraction of sp³-hybridized carbons (Fsp3) is 0.294. The molecule has 0 amide bonds. The molecule has 0 spiro atoms. The van der Waals surface area contributed by atoms with Crippen molar-refractivity contribution in [2.24, 2.45) is 5.14 Å². The van der Waals surface area contributed by atoms with Gasteiger partial charge in [-0.1, -0.05) is 42.5 Å². The van der Waals surface area contributed by atoms with Gasteiger partial charge in [0.1, 0.15) is 0 Å². The van der Waals surface area contributed by atoms with Crippen LogP contribution >= 0.6 is 0 Å². The highest BCUT2D eigenvalue weighted by molar-refractivity contribution is 7.89. The molecular weight excluding hydrogens is 296 g/mol. The van der Waals surface area contributed by atoms with Gasteiger partial charge in [-0.2, -0.15) is 0 Å². The lowest BCUT2D eigenvalue weighted by atomic mass is 10.1. The molecule has 1 atom stereocenters. The van der Waals surface area contributed by atoms with E-state index >= 15 is 0 Å². The maximum absolute atomic E-state index is 11.3. The zero-order chi connectivity index (χ0) is 16.2. The molecule has 0 aliphatic heterocycles. The quantitative estimate of drug-likeness (QED) is 0.890. The average molecular weight is 318 g/mol. The Kier molecular flexibility index (Phi) is 5.34. The number of likely N-dealkylation sites (N-methyl/N-ethyl adjacent to an activating group) is 1. The lowest BCUT2D eigenvalue weighted by molar-refractivity contribution is 0.265.